The molecule has 0 radical (unpaired) electrons. The molecular weight excluding hydrogens is 270 g/mol. The summed E-state index contributed by atoms with van der Waals surface area (Å²) in [4.78, 5) is 20.9. The number of morpholine rings is 2. The van der Waals surface area contributed by atoms with Gasteiger partial charge in [0, 0.05) is 32.4 Å². The number of pyridine rings is 1. The molecule has 114 valence electrons. The number of ether oxygens (including phenoxy) is 2. The second-order valence-corrected chi connectivity index (χ2v) is 5.44. The third kappa shape index (κ3) is 3.33. The molecule has 0 aliphatic carbocycles. The number of rotatable bonds is 2. The van der Waals surface area contributed by atoms with Crippen LogP contribution < -0.4 is 4.90 Å². The number of carbonyl (C=O) groups is 1. The average Bonchev–Trinajstić information content (AvgIpc) is 2.55. The van der Waals surface area contributed by atoms with E-state index >= 15 is 0 Å². The largest absolute Gasteiger partial charge is 0.378 e. The van der Waals surface area contributed by atoms with Crippen molar-refractivity contribution in [3.8, 4) is 0 Å². The zero-order valence-corrected chi connectivity index (χ0v) is 12.3. The number of anilines is 1. The highest BCUT2D eigenvalue weighted by Gasteiger charge is 2.23. The van der Waals surface area contributed by atoms with Crippen molar-refractivity contribution in [3.63, 3.8) is 0 Å². The van der Waals surface area contributed by atoms with Crippen molar-refractivity contribution in [1.82, 2.24) is 9.88 Å². The van der Waals surface area contributed by atoms with Crippen molar-refractivity contribution in [2.24, 2.45) is 0 Å². The summed E-state index contributed by atoms with van der Waals surface area (Å²) in [6.07, 6.45) is 1.77. The van der Waals surface area contributed by atoms with E-state index in [0.717, 1.165) is 32.1 Å². The Kier molecular flexibility index (Phi) is 4.36. The van der Waals surface area contributed by atoms with Crippen molar-refractivity contribution in [1.29, 1.82) is 0 Å². The Labute approximate surface area is 124 Å². The maximum atomic E-state index is 12.4. The van der Waals surface area contributed by atoms with Crippen LogP contribution in [0.1, 0.15) is 17.3 Å². The van der Waals surface area contributed by atoms with E-state index in [1.165, 1.54) is 0 Å². The topological polar surface area (TPSA) is 54.9 Å². The second-order valence-electron chi connectivity index (χ2n) is 5.44. The Hall–Kier alpha value is -1.66. The van der Waals surface area contributed by atoms with Crippen molar-refractivity contribution in [2.45, 2.75) is 13.0 Å². The molecule has 21 heavy (non-hydrogen) atoms. The maximum absolute atomic E-state index is 12.4. The summed E-state index contributed by atoms with van der Waals surface area (Å²) in [6.45, 7) is 7.04. The van der Waals surface area contributed by atoms with Crippen LogP contribution in [-0.2, 0) is 9.47 Å². The molecule has 0 spiro atoms. The van der Waals surface area contributed by atoms with Crippen LogP contribution in [0.4, 0.5) is 5.82 Å². The van der Waals surface area contributed by atoms with Crippen LogP contribution in [0.25, 0.3) is 0 Å². The maximum Gasteiger partial charge on any atom is 0.255 e. The van der Waals surface area contributed by atoms with E-state index in [2.05, 4.69) is 9.88 Å². The quantitative estimate of drug-likeness (QED) is 0.806. The molecule has 6 heteroatoms. The first kappa shape index (κ1) is 14.3. The Balaban J connectivity index is 1.67. The van der Waals surface area contributed by atoms with E-state index in [9.17, 15) is 4.79 Å². The molecule has 2 aliphatic rings. The van der Waals surface area contributed by atoms with Gasteiger partial charge in [0.05, 0.1) is 31.5 Å². The van der Waals surface area contributed by atoms with E-state index < -0.39 is 0 Å². The molecule has 2 fully saturated rings. The lowest BCUT2D eigenvalue weighted by molar-refractivity contribution is -0.0124. The summed E-state index contributed by atoms with van der Waals surface area (Å²) in [5, 5.41) is 0. The highest BCUT2D eigenvalue weighted by atomic mass is 16.5. The Bertz CT molecular complexity index is 485. The number of carbonyl (C=O) groups excluding carboxylic acids is 1. The van der Waals surface area contributed by atoms with Gasteiger partial charge in [-0.3, -0.25) is 4.79 Å². The third-order valence-corrected chi connectivity index (χ3v) is 3.86. The molecular formula is C15H21N3O3. The summed E-state index contributed by atoms with van der Waals surface area (Å²) in [5.41, 5.74) is 0.640. The van der Waals surface area contributed by atoms with Gasteiger partial charge in [-0.2, -0.15) is 0 Å². The monoisotopic (exact) mass is 291 g/mol. The lowest BCUT2D eigenvalue weighted by atomic mass is 10.2. The van der Waals surface area contributed by atoms with Gasteiger partial charge in [0.1, 0.15) is 5.82 Å². The van der Waals surface area contributed by atoms with E-state index in [-0.39, 0.29) is 12.0 Å². The fraction of sp³-hybridized carbons (Fsp3) is 0.600. The van der Waals surface area contributed by atoms with Crippen LogP contribution in [-0.4, -0.2) is 67.9 Å². The molecule has 0 aromatic carbocycles. The van der Waals surface area contributed by atoms with Crippen molar-refractivity contribution >= 4 is 11.7 Å². The lowest BCUT2D eigenvalue weighted by Crippen LogP contribution is -2.44. The second kappa shape index (κ2) is 6.41. The standard InChI is InChI=1S/C15H21N3O3/c1-12-11-18(6-9-21-12)15(19)13-2-3-14(16-10-13)17-4-7-20-8-5-17/h2-3,10,12H,4-9,11H2,1H3/t12-/m0/s1. The smallest absolute Gasteiger partial charge is 0.255 e. The molecule has 1 aromatic heterocycles. The summed E-state index contributed by atoms with van der Waals surface area (Å²) in [6, 6.07) is 3.78. The zero-order chi connectivity index (χ0) is 14.7. The van der Waals surface area contributed by atoms with E-state index in [0.29, 0.717) is 25.3 Å². The predicted octanol–water partition coefficient (Wildman–Crippen LogP) is 0.779. The minimum Gasteiger partial charge on any atom is -0.378 e. The van der Waals surface area contributed by atoms with Gasteiger partial charge in [-0.15, -0.1) is 0 Å². The first-order valence-electron chi connectivity index (χ1n) is 7.43. The zero-order valence-electron chi connectivity index (χ0n) is 12.3. The molecule has 2 aliphatic heterocycles. The van der Waals surface area contributed by atoms with Crippen molar-refractivity contribution < 1.29 is 14.3 Å². The fourth-order valence-corrected chi connectivity index (χ4v) is 2.68. The first-order valence-corrected chi connectivity index (χ1v) is 7.43. The van der Waals surface area contributed by atoms with Gasteiger partial charge in [-0.05, 0) is 19.1 Å². The van der Waals surface area contributed by atoms with E-state index in [1.54, 1.807) is 6.20 Å². The number of hydrogen-bond acceptors (Lipinski definition) is 5. The van der Waals surface area contributed by atoms with Crippen molar-refractivity contribution in [2.75, 3.05) is 50.9 Å². The molecule has 1 amide bonds. The van der Waals surface area contributed by atoms with Crippen LogP contribution in [0, 0.1) is 0 Å². The van der Waals surface area contributed by atoms with Gasteiger partial charge in [0.15, 0.2) is 0 Å². The molecule has 2 saturated heterocycles. The van der Waals surface area contributed by atoms with Gasteiger partial charge in [0.2, 0.25) is 0 Å². The highest BCUT2D eigenvalue weighted by molar-refractivity contribution is 5.94. The number of aromatic nitrogens is 1. The molecule has 3 heterocycles. The summed E-state index contributed by atoms with van der Waals surface area (Å²) in [5.74, 6) is 0.941. The number of amides is 1. The number of hydrogen-bond donors (Lipinski definition) is 0. The molecule has 0 saturated carbocycles. The fourth-order valence-electron chi connectivity index (χ4n) is 2.68. The molecule has 0 N–H and O–H groups in total. The Morgan fingerprint density at radius 1 is 1.24 bits per heavy atom. The average molecular weight is 291 g/mol. The van der Waals surface area contributed by atoms with E-state index in [1.807, 2.05) is 24.0 Å². The van der Waals surface area contributed by atoms with Crippen LogP contribution in [0.2, 0.25) is 0 Å². The molecule has 3 rings (SSSR count). The Morgan fingerprint density at radius 2 is 2.05 bits per heavy atom. The predicted molar refractivity (Wildman–Crippen MR) is 78.6 cm³/mol. The molecule has 6 nitrogen and oxygen atoms in total. The third-order valence-electron chi connectivity index (χ3n) is 3.86. The molecule has 0 unspecified atom stereocenters. The molecule has 1 aromatic rings. The van der Waals surface area contributed by atoms with Crippen LogP contribution in [0.3, 0.4) is 0 Å². The van der Waals surface area contributed by atoms with E-state index in [4.69, 9.17) is 9.47 Å². The minimum atomic E-state index is 0.0335. The number of nitrogens with zero attached hydrogens (tertiary/aromatic N) is 3. The molecule has 0 bridgehead atoms. The SMILES string of the molecule is C[C@H]1CN(C(=O)c2ccc(N3CCOCC3)nc2)CCO1. The summed E-state index contributed by atoms with van der Waals surface area (Å²) < 4.78 is 10.8. The minimum absolute atomic E-state index is 0.0335. The van der Waals surface area contributed by atoms with Crippen molar-refractivity contribution in [3.05, 3.63) is 23.9 Å². The van der Waals surface area contributed by atoms with Gasteiger partial charge >= 0.3 is 0 Å². The van der Waals surface area contributed by atoms with Gasteiger partial charge < -0.3 is 19.3 Å². The molecule has 1 atom stereocenters. The summed E-state index contributed by atoms with van der Waals surface area (Å²) >= 11 is 0. The van der Waals surface area contributed by atoms with Gasteiger partial charge in [-0.1, -0.05) is 0 Å². The van der Waals surface area contributed by atoms with Crippen LogP contribution in [0.15, 0.2) is 18.3 Å². The van der Waals surface area contributed by atoms with Gasteiger partial charge in [-0.25, -0.2) is 4.98 Å². The van der Waals surface area contributed by atoms with Crippen LogP contribution in [0.5, 0.6) is 0 Å². The lowest BCUT2D eigenvalue weighted by Gasteiger charge is -2.31. The first-order chi connectivity index (χ1) is 10.2. The van der Waals surface area contributed by atoms with Gasteiger partial charge in [0.25, 0.3) is 5.91 Å². The Morgan fingerprint density at radius 3 is 2.71 bits per heavy atom. The highest BCUT2D eigenvalue weighted by Crippen LogP contribution is 2.15. The summed E-state index contributed by atoms with van der Waals surface area (Å²) in [7, 11) is 0. The normalized spacial score (nSPS) is 23.2. The van der Waals surface area contributed by atoms with Crippen LogP contribution >= 0.6 is 0 Å².